The van der Waals surface area contributed by atoms with E-state index in [-0.39, 0.29) is 35.7 Å². The number of alkyl halides is 7. The zero-order chi connectivity index (χ0) is 29.6. The van der Waals surface area contributed by atoms with Gasteiger partial charge in [-0.1, -0.05) is 12.1 Å². The Balaban J connectivity index is 1.55. The molecule has 0 spiro atoms. The van der Waals surface area contributed by atoms with Crippen molar-refractivity contribution in [1.29, 1.82) is 0 Å². The maximum atomic E-state index is 14.1. The molecule has 2 aromatic heterocycles. The highest BCUT2D eigenvalue weighted by Gasteiger charge is 2.73. The number of carbonyl (C=O) groups excluding carboxylic acids is 1. The highest BCUT2D eigenvalue weighted by atomic mass is 19.4. The predicted molar refractivity (Wildman–Crippen MR) is 129 cm³/mol. The number of nitrogens with zero attached hydrogens (tertiary/aromatic N) is 4. The fraction of sp³-hybridized carbons (Fsp3) is 0.250. The number of nitrogens with one attached hydrogen (secondary N) is 2. The van der Waals surface area contributed by atoms with E-state index in [1.165, 1.54) is 18.5 Å². The number of benzene rings is 2. The summed E-state index contributed by atoms with van der Waals surface area (Å²) in [4.78, 5) is 20.6. The van der Waals surface area contributed by atoms with Crippen molar-refractivity contribution < 1.29 is 39.9 Å². The maximum Gasteiger partial charge on any atom is 0.460 e. The molecule has 0 aliphatic rings. The molecule has 0 aliphatic carbocycles. The molecule has 16 heteroatoms. The van der Waals surface area contributed by atoms with Gasteiger partial charge in [0.15, 0.2) is 5.65 Å². The number of urea groups is 1. The third-order valence-corrected chi connectivity index (χ3v) is 5.75. The first kappa shape index (κ1) is 28.5. The summed E-state index contributed by atoms with van der Waals surface area (Å²) >= 11 is 0. The number of hydrogen-bond donors (Lipinski definition) is 3. The van der Waals surface area contributed by atoms with Gasteiger partial charge >= 0.3 is 24.1 Å². The van der Waals surface area contributed by atoms with Crippen molar-refractivity contribution >= 4 is 34.3 Å². The zero-order valence-electron chi connectivity index (χ0n) is 20.5. The summed E-state index contributed by atoms with van der Waals surface area (Å²) < 4.78 is 108. The molecule has 40 heavy (non-hydrogen) atoms. The van der Waals surface area contributed by atoms with Crippen LogP contribution in [0, 0.1) is 5.82 Å². The van der Waals surface area contributed by atoms with Crippen LogP contribution in [0.5, 0.6) is 0 Å². The monoisotopic (exact) mass is 573 g/mol. The third-order valence-electron chi connectivity index (χ3n) is 5.75. The maximum absolute atomic E-state index is 14.1. The molecule has 4 rings (SSSR count). The van der Waals surface area contributed by atoms with E-state index in [0.717, 1.165) is 0 Å². The van der Waals surface area contributed by atoms with Crippen LogP contribution in [0.3, 0.4) is 0 Å². The minimum atomic E-state index is -6.58. The number of anilines is 3. The van der Waals surface area contributed by atoms with Gasteiger partial charge in [0.25, 0.3) is 0 Å². The molecule has 0 saturated carbocycles. The van der Waals surface area contributed by atoms with Crippen molar-refractivity contribution in [2.75, 3.05) is 16.4 Å². The minimum absolute atomic E-state index is 0.000294. The lowest BCUT2D eigenvalue weighted by Crippen LogP contribution is -2.50. The van der Waals surface area contributed by atoms with Gasteiger partial charge in [0.05, 0.1) is 11.1 Å². The van der Waals surface area contributed by atoms with E-state index in [9.17, 15) is 39.9 Å². The van der Waals surface area contributed by atoms with Crippen molar-refractivity contribution in [2.45, 2.75) is 37.9 Å². The Morgan fingerprint density at radius 2 is 1.60 bits per heavy atom. The van der Waals surface area contributed by atoms with Crippen LogP contribution in [0.15, 0.2) is 48.8 Å². The largest absolute Gasteiger partial charge is 0.460 e. The summed E-state index contributed by atoms with van der Waals surface area (Å²) in [6.07, 6.45) is -5.28. The second-order valence-electron chi connectivity index (χ2n) is 8.84. The highest BCUT2D eigenvalue weighted by Crippen LogP contribution is 2.52. The van der Waals surface area contributed by atoms with E-state index in [2.05, 4.69) is 20.4 Å². The summed E-state index contributed by atoms with van der Waals surface area (Å²) in [5.74, 6) is -13.4. The van der Waals surface area contributed by atoms with Gasteiger partial charge in [-0.2, -0.15) is 35.8 Å². The van der Waals surface area contributed by atoms with Crippen molar-refractivity contribution in [3.05, 3.63) is 60.2 Å². The second-order valence-corrected chi connectivity index (χ2v) is 8.84. The fourth-order valence-corrected chi connectivity index (χ4v) is 3.73. The Hall–Kier alpha value is -4.50. The van der Waals surface area contributed by atoms with Gasteiger partial charge < -0.3 is 16.4 Å². The normalized spacial score (nSPS) is 12.7. The van der Waals surface area contributed by atoms with Crippen molar-refractivity contribution in [1.82, 2.24) is 19.7 Å². The average Bonchev–Trinajstić information content (AvgIpc) is 3.26. The first-order valence-electron chi connectivity index (χ1n) is 11.3. The van der Waals surface area contributed by atoms with Gasteiger partial charge in [0.2, 0.25) is 0 Å². The molecule has 0 radical (unpaired) electrons. The Kier molecular flexibility index (Phi) is 7.06. The van der Waals surface area contributed by atoms with E-state index in [0.29, 0.717) is 22.3 Å². The molecule has 2 aromatic carbocycles. The molecule has 0 fully saturated rings. The standard InChI is InChI=1S/C24H19F8N7O/c1-11(2)39-20-17(19(33)34-10-35-20)18(38-39)12-3-6-14(7-4-12)36-21(40)37-16-9-13(5-8-15(16)25)22(26,27)23(28,29)24(30,31)32/h3-11H,1-2H3,(H2,33,34,35)(H2,36,37,40). The number of carbonyl (C=O) groups is 1. The molecule has 2 heterocycles. The van der Waals surface area contributed by atoms with Gasteiger partial charge in [-0.3, -0.25) is 0 Å². The molecule has 4 N–H and O–H groups in total. The molecule has 0 atom stereocenters. The van der Waals surface area contributed by atoms with Crippen molar-refractivity contribution in [3.8, 4) is 11.3 Å². The number of nitrogens with two attached hydrogens (primary N) is 1. The number of aromatic nitrogens is 4. The fourth-order valence-electron chi connectivity index (χ4n) is 3.73. The molecule has 212 valence electrons. The lowest BCUT2D eigenvalue weighted by molar-refractivity contribution is -0.359. The lowest BCUT2D eigenvalue weighted by atomic mass is 10.0. The van der Waals surface area contributed by atoms with E-state index in [1.807, 2.05) is 19.2 Å². The number of nitrogen functional groups attached to an aromatic ring is 1. The highest BCUT2D eigenvalue weighted by molar-refractivity contribution is 6.01. The Labute approximate surface area is 220 Å². The number of halogens is 8. The van der Waals surface area contributed by atoms with Crippen LogP contribution >= 0.6 is 0 Å². The number of hydrogen-bond acceptors (Lipinski definition) is 5. The predicted octanol–water partition coefficient (Wildman–Crippen LogP) is 6.73. The van der Waals surface area contributed by atoms with E-state index in [1.54, 1.807) is 16.8 Å². The van der Waals surface area contributed by atoms with Crippen LogP contribution in [0.25, 0.3) is 22.3 Å². The van der Waals surface area contributed by atoms with E-state index >= 15 is 0 Å². The summed E-state index contributed by atoms with van der Waals surface area (Å²) in [7, 11) is 0. The molecule has 2 amide bonds. The van der Waals surface area contributed by atoms with Crippen LogP contribution in [0.1, 0.15) is 25.5 Å². The topological polar surface area (TPSA) is 111 Å². The van der Waals surface area contributed by atoms with Crippen LogP contribution in [0.2, 0.25) is 0 Å². The quantitative estimate of drug-likeness (QED) is 0.222. The average molecular weight is 573 g/mol. The lowest BCUT2D eigenvalue weighted by Gasteiger charge is -2.28. The summed E-state index contributed by atoms with van der Waals surface area (Å²) in [5.41, 5.74) is 4.76. The smallest absolute Gasteiger partial charge is 0.383 e. The minimum Gasteiger partial charge on any atom is -0.383 e. The molecule has 0 saturated heterocycles. The van der Waals surface area contributed by atoms with Crippen molar-refractivity contribution in [3.63, 3.8) is 0 Å². The van der Waals surface area contributed by atoms with Crippen LogP contribution in [-0.4, -0.2) is 37.9 Å². The number of rotatable bonds is 6. The zero-order valence-corrected chi connectivity index (χ0v) is 20.5. The third kappa shape index (κ3) is 4.96. The van der Waals surface area contributed by atoms with Crippen molar-refractivity contribution in [2.24, 2.45) is 0 Å². The van der Waals surface area contributed by atoms with E-state index < -0.39 is 41.1 Å². The molecular formula is C24H19F8N7O. The first-order chi connectivity index (χ1) is 18.5. The first-order valence-corrected chi connectivity index (χ1v) is 11.3. The molecule has 4 aromatic rings. The van der Waals surface area contributed by atoms with E-state index in [4.69, 9.17) is 5.73 Å². The summed E-state index contributed by atoms with van der Waals surface area (Å²) in [6.45, 7) is 3.78. The molecule has 8 nitrogen and oxygen atoms in total. The van der Waals surface area contributed by atoms with Gasteiger partial charge in [0.1, 0.15) is 23.7 Å². The SMILES string of the molecule is CC(C)n1nc(-c2ccc(NC(=O)Nc3cc(C(F)(F)C(F)(F)C(F)(F)F)ccc3F)cc2)c2c(N)ncnc21. The van der Waals surface area contributed by atoms with Gasteiger partial charge in [-0.15, -0.1) is 0 Å². The molecule has 0 aliphatic heterocycles. The van der Waals surface area contributed by atoms with Crippen LogP contribution < -0.4 is 16.4 Å². The van der Waals surface area contributed by atoms with Gasteiger partial charge in [-0.25, -0.2) is 23.8 Å². The van der Waals surface area contributed by atoms with Crippen LogP contribution in [-0.2, 0) is 5.92 Å². The van der Waals surface area contributed by atoms with Gasteiger partial charge in [-0.05, 0) is 44.2 Å². The second kappa shape index (κ2) is 9.91. The summed E-state index contributed by atoms with van der Waals surface area (Å²) in [5, 5.41) is 9.14. The Morgan fingerprint density at radius 3 is 2.20 bits per heavy atom. The molecule has 0 unspecified atom stereocenters. The number of amides is 2. The molecular weight excluding hydrogens is 554 g/mol. The summed E-state index contributed by atoms with van der Waals surface area (Å²) in [6, 6.07) is 4.98. The van der Waals surface area contributed by atoms with Crippen LogP contribution in [0.4, 0.5) is 57.1 Å². The molecule has 0 bridgehead atoms. The Morgan fingerprint density at radius 1 is 0.950 bits per heavy atom. The van der Waals surface area contributed by atoms with Gasteiger partial charge in [0, 0.05) is 22.9 Å². The Bertz CT molecular complexity index is 1570. The number of fused-ring (bicyclic) bond motifs is 1.